The van der Waals surface area contributed by atoms with Crippen LogP contribution in [0.1, 0.15) is 5.56 Å². The fourth-order valence-corrected chi connectivity index (χ4v) is 1.89. The van der Waals surface area contributed by atoms with Crippen LogP contribution in [0, 0.1) is 0 Å². The zero-order chi connectivity index (χ0) is 12.8. The fourth-order valence-electron chi connectivity index (χ4n) is 1.49. The lowest BCUT2D eigenvalue weighted by atomic mass is 10.2. The molecule has 0 aliphatic carbocycles. The number of benzene rings is 1. The van der Waals surface area contributed by atoms with Gasteiger partial charge in [-0.15, -0.1) is 0 Å². The molecule has 1 amide bonds. The zero-order valence-corrected chi connectivity index (χ0v) is 11.3. The molecule has 0 atom stereocenters. The number of hydrogen-bond donors (Lipinski definition) is 2. The van der Waals surface area contributed by atoms with Gasteiger partial charge in [0.05, 0.1) is 6.61 Å². The summed E-state index contributed by atoms with van der Waals surface area (Å²) < 4.78 is 0.976. The maximum atomic E-state index is 11.1. The Morgan fingerprint density at radius 1 is 1.44 bits per heavy atom. The molecule has 18 heavy (non-hydrogen) atoms. The SMILES string of the molecule is O=C1CN(ONOCc2ccccc2Br)CCN1. The molecular weight excluding hydrogens is 302 g/mol. The highest BCUT2D eigenvalue weighted by atomic mass is 79.9. The lowest BCUT2D eigenvalue weighted by Gasteiger charge is -2.24. The average Bonchev–Trinajstić information content (AvgIpc) is 2.37. The first-order chi connectivity index (χ1) is 8.75. The Labute approximate surface area is 113 Å². The van der Waals surface area contributed by atoms with Gasteiger partial charge in [0.15, 0.2) is 0 Å². The summed E-state index contributed by atoms with van der Waals surface area (Å²) in [5.74, 6) is -0.0612. The van der Waals surface area contributed by atoms with Gasteiger partial charge in [-0.05, 0) is 11.6 Å². The molecule has 0 saturated carbocycles. The third kappa shape index (κ3) is 4.04. The average molecular weight is 316 g/mol. The van der Waals surface area contributed by atoms with Gasteiger partial charge in [-0.2, -0.15) is 10.0 Å². The summed E-state index contributed by atoms with van der Waals surface area (Å²) >= 11 is 3.42. The van der Waals surface area contributed by atoms with Crippen LogP contribution < -0.4 is 11.0 Å². The second-order valence-electron chi connectivity index (χ2n) is 3.77. The number of hydroxylamine groups is 2. The van der Waals surface area contributed by atoms with Crippen LogP contribution in [-0.4, -0.2) is 30.6 Å². The Kier molecular flexibility index (Phi) is 5.09. The Morgan fingerprint density at radius 3 is 3.06 bits per heavy atom. The van der Waals surface area contributed by atoms with E-state index < -0.39 is 0 Å². The number of carbonyl (C=O) groups is 1. The topological polar surface area (TPSA) is 62.8 Å². The van der Waals surface area contributed by atoms with E-state index in [2.05, 4.69) is 26.9 Å². The molecule has 1 aromatic carbocycles. The lowest BCUT2D eigenvalue weighted by Crippen LogP contribution is -2.49. The second-order valence-corrected chi connectivity index (χ2v) is 4.62. The molecule has 0 spiro atoms. The van der Waals surface area contributed by atoms with Gasteiger partial charge in [-0.3, -0.25) is 9.63 Å². The first kappa shape index (κ1) is 13.4. The number of amides is 1. The van der Waals surface area contributed by atoms with E-state index in [4.69, 9.17) is 9.78 Å². The first-order valence-corrected chi connectivity index (χ1v) is 6.34. The Hall–Kier alpha value is -0.990. The number of halogens is 1. The summed E-state index contributed by atoms with van der Waals surface area (Å²) in [5, 5.41) is 4.20. The van der Waals surface area contributed by atoms with Crippen LogP contribution >= 0.6 is 15.9 Å². The van der Waals surface area contributed by atoms with E-state index in [1.807, 2.05) is 24.3 Å². The fraction of sp³-hybridized carbons (Fsp3) is 0.364. The highest BCUT2D eigenvalue weighted by Crippen LogP contribution is 2.16. The monoisotopic (exact) mass is 315 g/mol. The van der Waals surface area contributed by atoms with Crippen molar-refractivity contribution in [2.45, 2.75) is 6.61 Å². The van der Waals surface area contributed by atoms with Crippen LogP contribution in [0.2, 0.25) is 0 Å². The van der Waals surface area contributed by atoms with Gasteiger partial charge < -0.3 is 5.32 Å². The molecule has 1 saturated heterocycles. The summed E-state index contributed by atoms with van der Waals surface area (Å²) in [6.07, 6.45) is 0. The third-order valence-electron chi connectivity index (χ3n) is 2.41. The van der Waals surface area contributed by atoms with Crippen molar-refractivity contribution in [2.75, 3.05) is 19.6 Å². The van der Waals surface area contributed by atoms with Crippen LogP contribution in [0.15, 0.2) is 28.7 Å². The van der Waals surface area contributed by atoms with Crippen molar-refractivity contribution < 1.29 is 14.6 Å². The van der Waals surface area contributed by atoms with E-state index in [1.165, 1.54) is 5.06 Å². The van der Waals surface area contributed by atoms with Crippen molar-refractivity contribution in [2.24, 2.45) is 0 Å². The molecule has 0 radical (unpaired) electrons. The second kappa shape index (κ2) is 6.81. The van der Waals surface area contributed by atoms with Crippen molar-refractivity contribution in [1.29, 1.82) is 0 Å². The van der Waals surface area contributed by atoms with Gasteiger partial charge >= 0.3 is 0 Å². The normalized spacial score (nSPS) is 16.6. The van der Waals surface area contributed by atoms with Gasteiger partial charge in [0, 0.05) is 17.6 Å². The van der Waals surface area contributed by atoms with Gasteiger partial charge in [-0.25, -0.2) is 0 Å². The molecule has 0 unspecified atom stereocenters. The number of piperazine rings is 1. The largest absolute Gasteiger partial charge is 0.354 e. The summed E-state index contributed by atoms with van der Waals surface area (Å²) in [4.78, 5) is 21.3. The number of rotatable bonds is 5. The first-order valence-electron chi connectivity index (χ1n) is 5.54. The molecule has 2 N–H and O–H groups in total. The maximum Gasteiger partial charge on any atom is 0.236 e. The number of hydrogen-bond acceptors (Lipinski definition) is 5. The van der Waals surface area contributed by atoms with Gasteiger partial charge in [0.1, 0.15) is 6.54 Å². The van der Waals surface area contributed by atoms with Crippen molar-refractivity contribution >= 4 is 21.8 Å². The molecule has 0 aromatic heterocycles. The minimum Gasteiger partial charge on any atom is -0.354 e. The van der Waals surface area contributed by atoms with Crippen molar-refractivity contribution in [3.05, 3.63) is 34.3 Å². The Morgan fingerprint density at radius 2 is 2.28 bits per heavy atom. The predicted molar refractivity (Wildman–Crippen MR) is 67.7 cm³/mol. The Balaban J connectivity index is 1.67. The minimum atomic E-state index is -0.0612. The molecule has 1 aliphatic rings. The van der Waals surface area contributed by atoms with E-state index in [-0.39, 0.29) is 12.5 Å². The number of nitrogens with one attached hydrogen (secondary N) is 2. The molecule has 1 aromatic rings. The van der Waals surface area contributed by atoms with Crippen molar-refractivity contribution in [3.8, 4) is 0 Å². The van der Waals surface area contributed by atoms with Crippen LogP contribution in [0.5, 0.6) is 0 Å². The maximum absolute atomic E-state index is 11.1. The summed E-state index contributed by atoms with van der Waals surface area (Å²) in [5.41, 5.74) is 3.38. The van der Waals surface area contributed by atoms with Gasteiger partial charge in [0.25, 0.3) is 0 Å². The molecular formula is C11H14BrN3O3. The number of carbonyl (C=O) groups excluding carboxylic acids is 1. The highest BCUT2D eigenvalue weighted by Gasteiger charge is 2.16. The van der Waals surface area contributed by atoms with Crippen LogP contribution in [0.3, 0.4) is 0 Å². The van der Waals surface area contributed by atoms with E-state index in [0.717, 1.165) is 10.0 Å². The van der Waals surface area contributed by atoms with Crippen LogP contribution in [0.25, 0.3) is 0 Å². The smallest absolute Gasteiger partial charge is 0.236 e. The van der Waals surface area contributed by atoms with E-state index in [1.54, 1.807) is 0 Å². The summed E-state index contributed by atoms with van der Waals surface area (Å²) in [6.45, 7) is 1.76. The molecule has 1 aliphatic heterocycles. The summed E-state index contributed by atoms with van der Waals surface area (Å²) in [7, 11) is 0. The molecule has 98 valence electrons. The van der Waals surface area contributed by atoms with Crippen molar-refractivity contribution in [3.63, 3.8) is 0 Å². The number of nitrogens with zero attached hydrogens (tertiary/aromatic N) is 1. The van der Waals surface area contributed by atoms with Crippen LogP contribution in [0.4, 0.5) is 0 Å². The molecule has 7 heteroatoms. The highest BCUT2D eigenvalue weighted by molar-refractivity contribution is 9.10. The van der Waals surface area contributed by atoms with Gasteiger partial charge in [0.2, 0.25) is 5.91 Å². The Bertz CT molecular complexity index is 416. The quantitative estimate of drug-likeness (QED) is 0.620. The zero-order valence-electron chi connectivity index (χ0n) is 9.69. The van der Waals surface area contributed by atoms with E-state index in [9.17, 15) is 4.79 Å². The molecule has 1 fully saturated rings. The molecule has 1 heterocycles. The summed E-state index contributed by atoms with van der Waals surface area (Å²) in [6, 6.07) is 7.75. The standard InChI is InChI=1S/C11H14BrN3O3/c12-10-4-2-1-3-9(10)8-17-14-18-15-6-5-13-11(16)7-15/h1-4,14H,5-8H2,(H,13,16). The molecule has 6 nitrogen and oxygen atoms in total. The minimum absolute atomic E-state index is 0.0612. The molecule has 2 rings (SSSR count). The van der Waals surface area contributed by atoms with Crippen molar-refractivity contribution in [1.82, 2.24) is 16.0 Å². The predicted octanol–water partition coefficient (Wildman–Crippen LogP) is 0.749. The lowest BCUT2D eigenvalue weighted by molar-refractivity contribution is -0.307. The van der Waals surface area contributed by atoms with E-state index in [0.29, 0.717) is 19.7 Å². The van der Waals surface area contributed by atoms with Gasteiger partial charge in [-0.1, -0.05) is 39.8 Å². The van der Waals surface area contributed by atoms with Crippen LogP contribution in [-0.2, 0) is 21.2 Å². The third-order valence-corrected chi connectivity index (χ3v) is 3.19. The molecule has 0 bridgehead atoms. The van der Waals surface area contributed by atoms with E-state index >= 15 is 0 Å².